The summed E-state index contributed by atoms with van der Waals surface area (Å²) in [5.74, 6) is 0. The van der Waals surface area contributed by atoms with Gasteiger partial charge in [-0.3, -0.25) is 0 Å². The molecule has 47 heavy (non-hydrogen) atoms. The van der Waals surface area contributed by atoms with E-state index in [-0.39, 0.29) is 0 Å². The topological polar surface area (TPSA) is 3.24 Å². The average Bonchev–Trinajstić information content (AvgIpc) is 3.15. The molecule has 9 rings (SSSR count). The molecule has 1 nitrogen and oxygen atoms in total. The largest absolute Gasteiger partial charge is 0.310 e. The molecule has 0 bridgehead atoms. The lowest BCUT2D eigenvalue weighted by molar-refractivity contribution is 1.29. The first-order valence-corrected chi connectivity index (χ1v) is 16.2. The molecule has 0 heterocycles. The van der Waals surface area contributed by atoms with Crippen LogP contribution in [0.2, 0.25) is 0 Å². The Kier molecular flexibility index (Phi) is 6.54. The Labute approximate surface area is 274 Å². The summed E-state index contributed by atoms with van der Waals surface area (Å²) < 4.78 is 0. The predicted molar refractivity (Wildman–Crippen MR) is 202 cm³/mol. The molecule has 0 N–H and O–H groups in total. The van der Waals surface area contributed by atoms with Crippen molar-refractivity contribution in [3.05, 3.63) is 188 Å². The zero-order valence-corrected chi connectivity index (χ0v) is 25.8. The van der Waals surface area contributed by atoms with Crippen molar-refractivity contribution in [2.45, 2.75) is 0 Å². The Bertz CT molecular complexity index is 2560. The average molecular weight is 598 g/mol. The molecular weight excluding hydrogens is 567 g/mol. The predicted octanol–water partition coefficient (Wildman–Crippen LogP) is 13.1. The van der Waals surface area contributed by atoms with Crippen LogP contribution in [0.5, 0.6) is 0 Å². The van der Waals surface area contributed by atoms with E-state index >= 15 is 0 Å². The highest BCUT2D eigenvalue weighted by molar-refractivity contribution is 6.21. The second kappa shape index (κ2) is 11.3. The number of rotatable bonds is 5. The summed E-state index contributed by atoms with van der Waals surface area (Å²) in [6.07, 6.45) is 0. The first-order chi connectivity index (χ1) is 23.3. The van der Waals surface area contributed by atoms with E-state index in [0.29, 0.717) is 0 Å². The van der Waals surface area contributed by atoms with Crippen molar-refractivity contribution in [2.75, 3.05) is 4.90 Å². The molecule has 1 heteroatoms. The van der Waals surface area contributed by atoms with E-state index < -0.39 is 0 Å². The first kappa shape index (κ1) is 27.2. The van der Waals surface area contributed by atoms with Crippen LogP contribution < -0.4 is 4.90 Å². The summed E-state index contributed by atoms with van der Waals surface area (Å²) in [6.45, 7) is 0. The maximum Gasteiger partial charge on any atom is 0.0468 e. The van der Waals surface area contributed by atoms with Gasteiger partial charge in [0.1, 0.15) is 0 Å². The van der Waals surface area contributed by atoms with Gasteiger partial charge in [-0.25, -0.2) is 0 Å². The molecular formula is C46H31N. The Hall–Kier alpha value is -6.18. The number of hydrogen-bond donors (Lipinski definition) is 0. The molecule has 0 spiro atoms. The van der Waals surface area contributed by atoms with Crippen molar-refractivity contribution in [2.24, 2.45) is 0 Å². The van der Waals surface area contributed by atoms with E-state index in [1.165, 1.54) is 65.3 Å². The monoisotopic (exact) mass is 597 g/mol. The molecule has 0 atom stereocenters. The van der Waals surface area contributed by atoms with E-state index in [2.05, 4.69) is 193 Å². The highest BCUT2D eigenvalue weighted by Crippen LogP contribution is 2.41. The Morgan fingerprint density at radius 3 is 1.68 bits per heavy atom. The molecule has 9 aromatic carbocycles. The van der Waals surface area contributed by atoms with Crippen LogP contribution >= 0.6 is 0 Å². The minimum Gasteiger partial charge on any atom is -0.310 e. The van der Waals surface area contributed by atoms with Gasteiger partial charge in [-0.05, 0) is 108 Å². The van der Waals surface area contributed by atoms with Gasteiger partial charge in [-0.15, -0.1) is 0 Å². The molecule has 0 unspecified atom stereocenters. The Balaban J connectivity index is 1.21. The second-order valence-electron chi connectivity index (χ2n) is 12.2. The zero-order valence-electron chi connectivity index (χ0n) is 25.8. The summed E-state index contributed by atoms with van der Waals surface area (Å²) in [5, 5.41) is 10.1. The third-order valence-electron chi connectivity index (χ3n) is 9.41. The lowest BCUT2D eigenvalue weighted by Crippen LogP contribution is -2.10. The molecule has 0 aliphatic heterocycles. The van der Waals surface area contributed by atoms with Gasteiger partial charge >= 0.3 is 0 Å². The number of fused-ring (bicyclic) bond motifs is 6. The highest BCUT2D eigenvalue weighted by Gasteiger charge is 2.16. The van der Waals surface area contributed by atoms with Crippen molar-refractivity contribution in [3.63, 3.8) is 0 Å². The third kappa shape index (κ3) is 4.81. The minimum absolute atomic E-state index is 1.12. The number of anilines is 3. The SMILES string of the molecule is c1ccc(-c2cccc(N(c3ccc(-c4cc5c6ccccc6ccc5c5ccccc45)cc3)c3ccc4ccccc4c3)c2)cc1. The van der Waals surface area contributed by atoms with Crippen LogP contribution in [0.1, 0.15) is 0 Å². The molecule has 9 aromatic rings. The van der Waals surface area contributed by atoms with Crippen molar-refractivity contribution in [1.82, 2.24) is 0 Å². The highest BCUT2D eigenvalue weighted by atomic mass is 15.1. The fraction of sp³-hybridized carbons (Fsp3) is 0. The lowest BCUT2D eigenvalue weighted by Gasteiger charge is -2.26. The van der Waals surface area contributed by atoms with Gasteiger partial charge in [0, 0.05) is 17.1 Å². The van der Waals surface area contributed by atoms with Gasteiger partial charge in [0.05, 0.1) is 0 Å². The molecule has 0 aromatic heterocycles. The maximum absolute atomic E-state index is 2.39. The van der Waals surface area contributed by atoms with Crippen molar-refractivity contribution < 1.29 is 0 Å². The van der Waals surface area contributed by atoms with Crippen LogP contribution in [0.4, 0.5) is 17.1 Å². The van der Waals surface area contributed by atoms with Crippen LogP contribution in [0.25, 0.3) is 65.3 Å². The van der Waals surface area contributed by atoms with Crippen LogP contribution in [0.15, 0.2) is 188 Å². The van der Waals surface area contributed by atoms with E-state index in [4.69, 9.17) is 0 Å². The van der Waals surface area contributed by atoms with Gasteiger partial charge < -0.3 is 4.90 Å². The maximum atomic E-state index is 2.39. The molecule has 0 fully saturated rings. The smallest absolute Gasteiger partial charge is 0.0468 e. The van der Waals surface area contributed by atoms with Crippen molar-refractivity contribution in [3.8, 4) is 22.3 Å². The molecule has 0 aliphatic carbocycles. The number of benzene rings is 9. The molecule has 220 valence electrons. The summed E-state index contributed by atoms with van der Waals surface area (Å²) in [5.41, 5.74) is 8.22. The van der Waals surface area contributed by atoms with Crippen LogP contribution in [-0.2, 0) is 0 Å². The van der Waals surface area contributed by atoms with Gasteiger partial charge in [-0.1, -0.05) is 146 Å². The molecule has 0 radical (unpaired) electrons. The fourth-order valence-corrected chi connectivity index (χ4v) is 7.11. The Morgan fingerprint density at radius 1 is 0.255 bits per heavy atom. The summed E-state index contributed by atoms with van der Waals surface area (Å²) in [6, 6.07) is 68.3. The third-order valence-corrected chi connectivity index (χ3v) is 9.41. The molecule has 0 amide bonds. The Morgan fingerprint density at radius 2 is 0.851 bits per heavy atom. The standard InChI is InChI=1S/C46H31N/c1-2-11-32(12-3-1)37-16-10-17-39(29-37)47(40-27-21-33-13-4-5-15-36(33)30-40)38-25-22-35(23-26-38)45-31-46-41-18-7-6-14-34(41)24-28-44(46)42-19-8-9-20-43(42)45/h1-31H. The normalized spacial score (nSPS) is 11.4. The summed E-state index contributed by atoms with van der Waals surface area (Å²) >= 11 is 0. The van der Waals surface area contributed by atoms with E-state index in [1.54, 1.807) is 0 Å². The quantitative estimate of drug-likeness (QED) is 0.178. The van der Waals surface area contributed by atoms with Gasteiger partial charge in [0.25, 0.3) is 0 Å². The van der Waals surface area contributed by atoms with Gasteiger partial charge in [-0.2, -0.15) is 0 Å². The minimum atomic E-state index is 1.12. The molecule has 0 saturated heterocycles. The van der Waals surface area contributed by atoms with Crippen LogP contribution in [0.3, 0.4) is 0 Å². The fourth-order valence-electron chi connectivity index (χ4n) is 7.11. The zero-order chi connectivity index (χ0) is 31.2. The summed E-state index contributed by atoms with van der Waals surface area (Å²) in [4.78, 5) is 2.37. The van der Waals surface area contributed by atoms with Crippen LogP contribution in [0, 0.1) is 0 Å². The van der Waals surface area contributed by atoms with E-state index in [0.717, 1.165) is 17.1 Å². The van der Waals surface area contributed by atoms with Gasteiger partial charge in [0.15, 0.2) is 0 Å². The van der Waals surface area contributed by atoms with Crippen LogP contribution in [-0.4, -0.2) is 0 Å². The van der Waals surface area contributed by atoms with Gasteiger partial charge in [0.2, 0.25) is 0 Å². The number of hydrogen-bond acceptors (Lipinski definition) is 1. The van der Waals surface area contributed by atoms with E-state index in [1.807, 2.05) is 0 Å². The molecule has 0 aliphatic rings. The number of nitrogens with zero attached hydrogens (tertiary/aromatic N) is 1. The molecule has 0 saturated carbocycles. The second-order valence-corrected chi connectivity index (χ2v) is 12.2. The van der Waals surface area contributed by atoms with Crippen molar-refractivity contribution >= 4 is 60.2 Å². The van der Waals surface area contributed by atoms with Crippen molar-refractivity contribution in [1.29, 1.82) is 0 Å². The van der Waals surface area contributed by atoms with E-state index in [9.17, 15) is 0 Å². The lowest BCUT2D eigenvalue weighted by atomic mass is 9.91. The summed E-state index contributed by atoms with van der Waals surface area (Å²) in [7, 11) is 0. The first-order valence-electron chi connectivity index (χ1n) is 16.2.